The SMILES string of the molecule is N#Cc1c(C(F)F)cnc(C(F)(F)F)c1[N+](=O)[O-]. The number of nitro groups is 1. The van der Waals surface area contributed by atoms with Crippen LogP contribution in [0.25, 0.3) is 0 Å². The van der Waals surface area contributed by atoms with Gasteiger partial charge >= 0.3 is 11.9 Å². The molecular weight excluding hydrogens is 265 g/mol. The predicted molar refractivity (Wildman–Crippen MR) is 45.6 cm³/mol. The first-order valence-electron chi connectivity index (χ1n) is 4.12. The van der Waals surface area contributed by atoms with E-state index in [0.29, 0.717) is 0 Å². The molecule has 0 aliphatic carbocycles. The minimum Gasteiger partial charge on any atom is -0.258 e. The Morgan fingerprint density at radius 3 is 2.33 bits per heavy atom. The number of halogens is 5. The van der Waals surface area contributed by atoms with Crippen LogP contribution in [-0.4, -0.2) is 9.91 Å². The molecule has 1 aromatic heterocycles. The molecule has 0 atom stereocenters. The van der Waals surface area contributed by atoms with Crippen molar-refractivity contribution in [3.63, 3.8) is 0 Å². The normalized spacial score (nSPS) is 11.4. The highest BCUT2D eigenvalue weighted by atomic mass is 19.4. The number of hydrogen-bond acceptors (Lipinski definition) is 4. The largest absolute Gasteiger partial charge is 0.440 e. The summed E-state index contributed by atoms with van der Waals surface area (Å²) < 4.78 is 62.0. The van der Waals surface area contributed by atoms with E-state index in [-0.39, 0.29) is 6.20 Å². The third-order valence-corrected chi connectivity index (χ3v) is 1.88. The van der Waals surface area contributed by atoms with E-state index in [0.717, 1.165) is 6.07 Å². The molecule has 1 heterocycles. The summed E-state index contributed by atoms with van der Waals surface area (Å²) in [6.07, 6.45) is -8.44. The van der Waals surface area contributed by atoms with E-state index in [2.05, 4.69) is 4.98 Å². The maximum absolute atomic E-state index is 12.4. The van der Waals surface area contributed by atoms with Gasteiger partial charge in [0, 0.05) is 6.20 Å². The van der Waals surface area contributed by atoms with Gasteiger partial charge in [0.15, 0.2) is 0 Å². The zero-order valence-electron chi connectivity index (χ0n) is 8.20. The molecule has 18 heavy (non-hydrogen) atoms. The lowest BCUT2D eigenvalue weighted by atomic mass is 10.1. The lowest BCUT2D eigenvalue weighted by Gasteiger charge is -2.09. The van der Waals surface area contributed by atoms with Crippen LogP contribution in [0.15, 0.2) is 6.20 Å². The second kappa shape index (κ2) is 4.52. The Hall–Kier alpha value is -2.31. The number of pyridine rings is 1. The zero-order chi connectivity index (χ0) is 14.1. The maximum Gasteiger partial charge on any atom is 0.440 e. The molecule has 0 saturated heterocycles. The summed E-state index contributed by atoms with van der Waals surface area (Å²) >= 11 is 0. The molecule has 0 bridgehead atoms. The number of nitrogens with zero attached hydrogens (tertiary/aromatic N) is 3. The van der Waals surface area contributed by atoms with Gasteiger partial charge in [-0.3, -0.25) is 10.1 Å². The molecule has 0 radical (unpaired) electrons. The Kier molecular flexibility index (Phi) is 3.45. The minimum absolute atomic E-state index is 0.110. The number of hydrogen-bond donors (Lipinski definition) is 0. The Balaban J connectivity index is 3.72. The molecule has 0 fully saturated rings. The summed E-state index contributed by atoms with van der Waals surface area (Å²) in [5, 5.41) is 19.0. The van der Waals surface area contributed by atoms with E-state index in [9.17, 15) is 32.1 Å². The van der Waals surface area contributed by atoms with Crippen molar-refractivity contribution in [2.75, 3.05) is 0 Å². The zero-order valence-corrected chi connectivity index (χ0v) is 8.20. The van der Waals surface area contributed by atoms with Crippen LogP contribution in [0.3, 0.4) is 0 Å². The van der Waals surface area contributed by atoms with Gasteiger partial charge in [-0.15, -0.1) is 0 Å². The van der Waals surface area contributed by atoms with Crippen molar-refractivity contribution in [3.8, 4) is 6.07 Å². The van der Waals surface area contributed by atoms with Crippen molar-refractivity contribution >= 4 is 5.69 Å². The molecular formula is C8H2F5N3O2. The standard InChI is InChI=1S/C8H2F5N3O2/c9-7(10)4-2-15-6(8(11,12)13)5(16(17)18)3(4)1-14/h2,7H. The van der Waals surface area contributed by atoms with E-state index in [4.69, 9.17) is 5.26 Å². The van der Waals surface area contributed by atoms with Crippen LogP contribution >= 0.6 is 0 Å². The Morgan fingerprint density at radius 2 is 2.00 bits per heavy atom. The molecule has 0 N–H and O–H groups in total. The van der Waals surface area contributed by atoms with E-state index in [1.165, 1.54) is 0 Å². The van der Waals surface area contributed by atoms with Gasteiger partial charge in [-0.05, 0) is 0 Å². The van der Waals surface area contributed by atoms with E-state index >= 15 is 0 Å². The molecule has 10 heteroatoms. The number of rotatable bonds is 2. The topological polar surface area (TPSA) is 79.8 Å². The van der Waals surface area contributed by atoms with Crippen molar-refractivity contribution in [3.05, 3.63) is 33.1 Å². The van der Waals surface area contributed by atoms with Gasteiger partial charge in [0.1, 0.15) is 11.6 Å². The second-order valence-electron chi connectivity index (χ2n) is 2.95. The van der Waals surface area contributed by atoms with Crippen molar-refractivity contribution in [2.45, 2.75) is 12.6 Å². The Labute approximate surface area is 95.6 Å². The average Bonchev–Trinajstić information content (AvgIpc) is 2.25. The fourth-order valence-corrected chi connectivity index (χ4v) is 1.18. The van der Waals surface area contributed by atoms with Gasteiger partial charge in [0.05, 0.1) is 10.5 Å². The van der Waals surface area contributed by atoms with Crippen LogP contribution in [0.1, 0.15) is 23.2 Å². The van der Waals surface area contributed by atoms with Gasteiger partial charge in [-0.2, -0.15) is 18.4 Å². The van der Waals surface area contributed by atoms with Crippen LogP contribution in [-0.2, 0) is 6.18 Å². The molecule has 0 aromatic carbocycles. The molecule has 96 valence electrons. The highest BCUT2D eigenvalue weighted by molar-refractivity contribution is 5.56. The van der Waals surface area contributed by atoms with E-state index in [1.54, 1.807) is 0 Å². The summed E-state index contributed by atoms with van der Waals surface area (Å²) in [6, 6.07) is 0.978. The first-order chi connectivity index (χ1) is 8.20. The molecule has 0 saturated carbocycles. The van der Waals surface area contributed by atoms with Crippen LogP contribution in [0, 0.1) is 21.4 Å². The highest BCUT2D eigenvalue weighted by Gasteiger charge is 2.43. The monoisotopic (exact) mass is 267 g/mol. The lowest BCUT2D eigenvalue weighted by molar-refractivity contribution is -0.388. The van der Waals surface area contributed by atoms with Gasteiger partial charge in [-0.25, -0.2) is 13.8 Å². The van der Waals surface area contributed by atoms with Crippen molar-refractivity contribution in [1.29, 1.82) is 5.26 Å². The predicted octanol–water partition coefficient (Wildman–Crippen LogP) is 2.82. The maximum atomic E-state index is 12.4. The molecule has 0 aliphatic heterocycles. The molecule has 1 rings (SSSR count). The minimum atomic E-state index is -5.21. The third-order valence-electron chi connectivity index (χ3n) is 1.88. The van der Waals surface area contributed by atoms with Crippen molar-refractivity contribution in [2.24, 2.45) is 0 Å². The van der Waals surface area contributed by atoms with Crippen LogP contribution in [0.2, 0.25) is 0 Å². The number of nitriles is 1. The summed E-state index contributed by atoms with van der Waals surface area (Å²) in [6.45, 7) is 0. The quantitative estimate of drug-likeness (QED) is 0.468. The van der Waals surface area contributed by atoms with Crippen molar-refractivity contribution in [1.82, 2.24) is 4.98 Å². The summed E-state index contributed by atoms with van der Waals surface area (Å²) in [5.74, 6) is 0. The number of alkyl halides is 5. The molecule has 1 aromatic rings. The Morgan fingerprint density at radius 1 is 1.44 bits per heavy atom. The fourth-order valence-electron chi connectivity index (χ4n) is 1.18. The summed E-state index contributed by atoms with van der Waals surface area (Å²) in [4.78, 5) is 11.5. The number of aromatic nitrogens is 1. The molecule has 0 spiro atoms. The fraction of sp³-hybridized carbons (Fsp3) is 0.250. The van der Waals surface area contributed by atoms with Crippen LogP contribution in [0.4, 0.5) is 27.6 Å². The lowest BCUT2D eigenvalue weighted by Crippen LogP contribution is -2.14. The third kappa shape index (κ3) is 2.34. The second-order valence-corrected chi connectivity index (χ2v) is 2.95. The van der Waals surface area contributed by atoms with Gasteiger partial charge < -0.3 is 0 Å². The molecule has 0 amide bonds. The van der Waals surface area contributed by atoms with Crippen molar-refractivity contribution < 1.29 is 26.9 Å². The summed E-state index contributed by atoms with van der Waals surface area (Å²) in [5.41, 5.74) is -6.29. The molecule has 5 nitrogen and oxygen atoms in total. The molecule has 0 aliphatic rings. The smallest absolute Gasteiger partial charge is 0.258 e. The van der Waals surface area contributed by atoms with E-state index in [1.807, 2.05) is 0 Å². The van der Waals surface area contributed by atoms with Gasteiger partial charge in [0.2, 0.25) is 5.69 Å². The van der Waals surface area contributed by atoms with Gasteiger partial charge in [-0.1, -0.05) is 0 Å². The highest BCUT2D eigenvalue weighted by Crippen LogP contribution is 2.38. The Bertz CT molecular complexity index is 535. The average molecular weight is 267 g/mol. The first kappa shape index (κ1) is 13.8. The summed E-state index contributed by atoms with van der Waals surface area (Å²) in [7, 11) is 0. The van der Waals surface area contributed by atoms with E-state index < -0.39 is 40.0 Å². The molecule has 0 unspecified atom stereocenters. The van der Waals surface area contributed by atoms with Crippen LogP contribution in [0.5, 0.6) is 0 Å². The van der Waals surface area contributed by atoms with Crippen LogP contribution < -0.4 is 0 Å². The first-order valence-corrected chi connectivity index (χ1v) is 4.12. The van der Waals surface area contributed by atoms with Gasteiger partial charge in [0.25, 0.3) is 6.43 Å².